The zero-order valence-corrected chi connectivity index (χ0v) is 37.4. The van der Waals surface area contributed by atoms with Gasteiger partial charge in [-0.05, 0) is 119 Å². The molecule has 0 amide bonds. The van der Waals surface area contributed by atoms with E-state index in [1.54, 1.807) is 0 Å². The first-order valence-corrected chi connectivity index (χ1v) is 23.2. The molecule has 1 aromatic heterocycles. The van der Waals surface area contributed by atoms with Crippen molar-refractivity contribution in [3.63, 3.8) is 0 Å². The maximum atomic E-state index is 7.04. The third kappa shape index (κ3) is 6.25. The molecule has 0 atom stereocenters. The Morgan fingerprint density at radius 2 is 0.896 bits per heavy atom. The van der Waals surface area contributed by atoms with Crippen molar-refractivity contribution in [2.75, 3.05) is 4.90 Å². The van der Waals surface area contributed by atoms with Crippen molar-refractivity contribution in [2.24, 2.45) is 0 Å². The van der Waals surface area contributed by atoms with Crippen molar-refractivity contribution >= 4 is 60.3 Å². The van der Waals surface area contributed by atoms with Crippen LogP contribution in [0.25, 0.3) is 99.1 Å². The molecule has 1 aliphatic carbocycles. The number of hydrogen-bond donors (Lipinski definition) is 0. The standard InChI is InChI=1S/C65H45NO/c1-65(2)59-27-14-13-24-55(59)56-39-37-50(41-60(56)65)66(49-35-30-44(31-36-49)52-26-15-21-43-16-9-10-22-51(43)52)48-33-28-42(29-34-48)47-32-38-54-53-23-11-12-25-57(53)64-62(58(54)40-47)61(45-17-5-3-6-18-45)63(67-64)46-19-7-4-8-20-46/h3-41H,1-2H3. The van der Waals surface area contributed by atoms with E-state index < -0.39 is 0 Å². The van der Waals surface area contributed by atoms with Gasteiger partial charge in [0.05, 0.1) is 0 Å². The van der Waals surface area contributed by atoms with E-state index in [0.717, 1.165) is 67.0 Å². The van der Waals surface area contributed by atoms with E-state index in [2.05, 4.69) is 255 Å². The minimum absolute atomic E-state index is 0.125. The summed E-state index contributed by atoms with van der Waals surface area (Å²) in [6, 6.07) is 86.2. The molecule has 0 fully saturated rings. The molecule has 2 heteroatoms. The zero-order valence-electron chi connectivity index (χ0n) is 37.4. The maximum Gasteiger partial charge on any atom is 0.143 e. The minimum Gasteiger partial charge on any atom is -0.455 e. The molecule has 0 spiro atoms. The molecule has 0 aliphatic heterocycles. The predicted octanol–water partition coefficient (Wildman–Crippen LogP) is 18.3. The van der Waals surface area contributed by atoms with Crippen molar-refractivity contribution in [1.82, 2.24) is 0 Å². The van der Waals surface area contributed by atoms with Gasteiger partial charge in [-0.25, -0.2) is 0 Å². The second-order valence-corrected chi connectivity index (χ2v) is 18.4. The molecule has 0 N–H and O–H groups in total. The van der Waals surface area contributed by atoms with Gasteiger partial charge in [0.25, 0.3) is 0 Å². The van der Waals surface area contributed by atoms with Crippen LogP contribution in [-0.4, -0.2) is 0 Å². The quantitative estimate of drug-likeness (QED) is 0.149. The Balaban J connectivity index is 0.959. The Kier molecular flexibility index (Phi) is 8.91. The van der Waals surface area contributed by atoms with E-state index in [1.807, 2.05) is 0 Å². The van der Waals surface area contributed by atoms with Gasteiger partial charge in [-0.1, -0.05) is 208 Å². The first kappa shape index (κ1) is 39.0. The molecule has 0 radical (unpaired) electrons. The summed E-state index contributed by atoms with van der Waals surface area (Å²) in [7, 11) is 0. The lowest BCUT2D eigenvalue weighted by Crippen LogP contribution is -2.16. The minimum atomic E-state index is -0.125. The van der Waals surface area contributed by atoms with Crippen molar-refractivity contribution in [1.29, 1.82) is 0 Å². The molecule has 2 nitrogen and oxygen atoms in total. The molecule has 0 saturated heterocycles. The highest BCUT2D eigenvalue weighted by atomic mass is 16.3. The lowest BCUT2D eigenvalue weighted by molar-refractivity contribution is 0.636. The largest absolute Gasteiger partial charge is 0.455 e. The molecule has 1 aliphatic rings. The Morgan fingerprint density at radius 1 is 0.343 bits per heavy atom. The Hall–Kier alpha value is -8.46. The van der Waals surface area contributed by atoms with E-state index in [0.29, 0.717) is 0 Å². The van der Waals surface area contributed by atoms with Crippen LogP contribution in [0.15, 0.2) is 241 Å². The number of fused-ring (bicyclic) bond motifs is 10. The monoisotopic (exact) mass is 855 g/mol. The average Bonchev–Trinajstić information content (AvgIpc) is 3.91. The summed E-state index contributed by atoms with van der Waals surface area (Å²) in [5, 5.41) is 8.32. The molecule has 1 heterocycles. The van der Waals surface area contributed by atoms with Crippen LogP contribution in [0.5, 0.6) is 0 Å². The van der Waals surface area contributed by atoms with Crippen LogP contribution in [0.3, 0.4) is 0 Å². The van der Waals surface area contributed by atoms with Crippen molar-refractivity contribution < 1.29 is 4.42 Å². The summed E-state index contributed by atoms with van der Waals surface area (Å²) < 4.78 is 7.04. The van der Waals surface area contributed by atoms with E-state index in [4.69, 9.17) is 4.42 Å². The van der Waals surface area contributed by atoms with Gasteiger partial charge in [-0.15, -0.1) is 0 Å². The lowest BCUT2D eigenvalue weighted by atomic mass is 9.82. The fraction of sp³-hybridized carbons (Fsp3) is 0.0462. The first-order valence-electron chi connectivity index (χ1n) is 23.2. The number of anilines is 3. The second kappa shape index (κ2) is 15.3. The van der Waals surface area contributed by atoms with Gasteiger partial charge >= 0.3 is 0 Å². The molecular formula is C65H45NO. The number of rotatable bonds is 7. The Bertz CT molecular complexity index is 3860. The maximum absolute atomic E-state index is 7.04. The van der Waals surface area contributed by atoms with E-state index in [9.17, 15) is 0 Å². The lowest BCUT2D eigenvalue weighted by Gasteiger charge is -2.28. The predicted molar refractivity (Wildman–Crippen MR) is 283 cm³/mol. The van der Waals surface area contributed by atoms with Crippen LogP contribution in [-0.2, 0) is 5.41 Å². The summed E-state index contributed by atoms with van der Waals surface area (Å²) in [6.45, 7) is 4.71. The van der Waals surface area contributed by atoms with Gasteiger partial charge in [0.1, 0.15) is 11.3 Å². The molecule has 316 valence electrons. The Morgan fingerprint density at radius 3 is 1.66 bits per heavy atom. The van der Waals surface area contributed by atoms with Gasteiger partial charge in [-0.2, -0.15) is 0 Å². The first-order chi connectivity index (χ1) is 33.0. The Labute approximate surface area is 390 Å². The fourth-order valence-corrected chi connectivity index (χ4v) is 11.0. The van der Waals surface area contributed by atoms with Gasteiger partial charge < -0.3 is 9.32 Å². The molecule has 0 unspecified atom stereocenters. The highest BCUT2D eigenvalue weighted by Gasteiger charge is 2.36. The van der Waals surface area contributed by atoms with Gasteiger partial charge in [0, 0.05) is 44.4 Å². The third-order valence-electron chi connectivity index (χ3n) is 14.3. The molecule has 67 heavy (non-hydrogen) atoms. The summed E-state index contributed by atoms with van der Waals surface area (Å²) >= 11 is 0. The molecular weight excluding hydrogens is 811 g/mol. The van der Waals surface area contributed by atoms with Gasteiger partial charge in [0.2, 0.25) is 0 Å². The van der Waals surface area contributed by atoms with Crippen LogP contribution in [0.1, 0.15) is 25.0 Å². The summed E-state index contributed by atoms with van der Waals surface area (Å²) in [6.07, 6.45) is 0. The van der Waals surface area contributed by atoms with Crippen LogP contribution < -0.4 is 4.90 Å². The van der Waals surface area contributed by atoms with Gasteiger partial charge in [-0.3, -0.25) is 0 Å². The topological polar surface area (TPSA) is 16.4 Å². The van der Waals surface area contributed by atoms with Crippen LogP contribution in [0.4, 0.5) is 17.1 Å². The molecule has 0 saturated carbocycles. The number of benzene rings is 11. The van der Waals surface area contributed by atoms with Crippen molar-refractivity contribution in [2.45, 2.75) is 19.3 Å². The average molecular weight is 856 g/mol. The summed E-state index contributed by atoms with van der Waals surface area (Å²) in [5.74, 6) is 0.887. The van der Waals surface area contributed by atoms with Crippen molar-refractivity contribution in [3.05, 3.63) is 248 Å². The van der Waals surface area contributed by atoms with Crippen molar-refractivity contribution in [3.8, 4) is 55.8 Å². The second-order valence-electron chi connectivity index (χ2n) is 18.4. The fourth-order valence-electron chi connectivity index (χ4n) is 11.0. The summed E-state index contributed by atoms with van der Waals surface area (Å²) in [5.41, 5.74) is 17.5. The molecule has 0 bridgehead atoms. The highest BCUT2D eigenvalue weighted by molar-refractivity contribution is 6.29. The number of nitrogens with zero attached hydrogens (tertiary/aromatic N) is 1. The van der Waals surface area contributed by atoms with Crippen LogP contribution in [0.2, 0.25) is 0 Å². The SMILES string of the molecule is CC1(C)c2ccccc2-c2ccc(N(c3ccc(-c4ccc5c6ccccc6c6oc(-c7ccccc7)c(-c7ccccc7)c6c5c4)cc3)c3ccc(-c4cccc5ccccc45)cc3)cc21. The van der Waals surface area contributed by atoms with Gasteiger partial charge in [0.15, 0.2) is 0 Å². The van der Waals surface area contributed by atoms with Crippen LogP contribution in [0, 0.1) is 0 Å². The molecule has 12 aromatic rings. The smallest absolute Gasteiger partial charge is 0.143 e. The zero-order chi connectivity index (χ0) is 44.6. The number of hydrogen-bond acceptors (Lipinski definition) is 2. The van der Waals surface area contributed by atoms with E-state index in [1.165, 1.54) is 60.3 Å². The molecule has 13 rings (SSSR count). The molecule has 11 aromatic carbocycles. The number of furan rings is 1. The van der Waals surface area contributed by atoms with Crippen LogP contribution >= 0.6 is 0 Å². The van der Waals surface area contributed by atoms with E-state index >= 15 is 0 Å². The highest BCUT2D eigenvalue weighted by Crippen LogP contribution is 2.52. The normalized spacial score (nSPS) is 12.7. The summed E-state index contributed by atoms with van der Waals surface area (Å²) in [4.78, 5) is 2.41. The van der Waals surface area contributed by atoms with E-state index in [-0.39, 0.29) is 5.41 Å². The third-order valence-corrected chi connectivity index (χ3v) is 14.3.